The number of halogens is 1. The molecule has 1 unspecified atom stereocenters. The van der Waals surface area contributed by atoms with Crippen LogP contribution in [-0.4, -0.2) is 35.8 Å². The molecule has 0 radical (unpaired) electrons. The maximum absolute atomic E-state index is 12.8. The van der Waals surface area contributed by atoms with Crippen LogP contribution in [0.4, 0.5) is 5.69 Å². The predicted octanol–water partition coefficient (Wildman–Crippen LogP) is 3.59. The van der Waals surface area contributed by atoms with Gasteiger partial charge in [0.05, 0.1) is 4.88 Å². The van der Waals surface area contributed by atoms with Crippen LogP contribution in [0.15, 0.2) is 35.7 Å². The third-order valence-corrected chi connectivity index (χ3v) is 5.20. The van der Waals surface area contributed by atoms with Gasteiger partial charge in [0.15, 0.2) is 0 Å². The Kier molecular flexibility index (Phi) is 4.41. The van der Waals surface area contributed by atoms with E-state index >= 15 is 0 Å². The molecule has 4 nitrogen and oxygen atoms in total. The highest BCUT2D eigenvalue weighted by Gasteiger charge is 2.36. The van der Waals surface area contributed by atoms with Crippen LogP contribution >= 0.6 is 22.9 Å². The number of aryl methyl sites for hydroxylation is 1. The van der Waals surface area contributed by atoms with Gasteiger partial charge < -0.3 is 9.80 Å². The van der Waals surface area contributed by atoms with Crippen molar-refractivity contribution in [2.24, 2.45) is 0 Å². The molecule has 1 saturated heterocycles. The number of hydrogen-bond acceptors (Lipinski definition) is 3. The third kappa shape index (κ3) is 2.99. The Hall–Kier alpha value is -1.85. The van der Waals surface area contributed by atoms with E-state index in [1.807, 2.05) is 30.5 Å². The van der Waals surface area contributed by atoms with Crippen LogP contribution in [0.3, 0.4) is 0 Å². The summed E-state index contributed by atoms with van der Waals surface area (Å²) < 4.78 is 0. The maximum Gasteiger partial charge on any atom is 0.264 e. The van der Waals surface area contributed by atoms with Crippen molar-refractivity contribution in [3.05, 3.63) is 51.2 Å². The molecule has 120 valence electrons. The number of hydrogen-bond donors (Lipinski definition) is 0. The molecule has 0 aliphatic carbocycles. The Morgan fingerprint density at radius 3 is 2.78 bits per heavy atom. The van der Waals surface area contributed by atoms with E-state index in [4.69, 9.17) is 11.6 Å². The zero-order valence-corrected chi connectivity index (χ0v) is 14.5. The first-order chi connectivity index (χ1) is 11.0. The van der Waals surface area contributed by atoms with E-state index in [9.17, 15) is 9.59 Å². The molecule has 3 rings (SSSR count). The average Bonchev–Trinajstić information content (AvgIpc) is 3.06. The molecule has 23 heavy (non-hydrogen) atoms. The number of carbonyl (C=O) groups is 2. The maximum atomic E-state index is 12.8. The minimum Gasteiger partial charge on any atom is -0.324 e. The molecule has 6 heteroatoms. The van der Waals surface area contributed by atoms with Gasteiger partial charge in [0.1, 0.15) is 6.04 Å². The van der Waals surface area contributed by atoms with Gasteiger partial charge in [-0.1, -0.05) is 23.7 Å². The molecule has 1 atom stereocenters. The number of nitrogens with zero attached hydrogens (tertiary/aromatic N) is 2. The lowest BCUT2D eigenvalue weighted by Crippen LogP contribution is -2.57. The molecule has 1 aliphatic rings. The van der Waals surface area contributed by atoms with E-state index in [0.29, 0.717) is 23.0 Å². The minimum absolute atomic E-state index is 0.0773. The van der Waals surface area contributed by atoms with Crippen molar-refractivity contribution < 1.29 is 9.59 Å². The van der Waals surface area contributed by atoms with Crippen molar-refractivity contribution in [1.82, 2.24) is 4.90 Å². The molecular formula is C17H17ClN2O2S. The minimum atomic E-state index is -0.489. The monoisotopic (exact) mass is 348 g/mol. The fraction of sp³-hybridized carbons (Fsp3) is 0.294. The molecule has 1 aliphatic heterocycles. The highest BCUT2D eigenvalue weighted by molar-refractivity contribution is 7.12. The second-order valence-corrected chi connectivity index (χ2v) is 6.96. The molecule has 2 heterocycles. The summed E-state index contributed by atoms with van der Waals surface area (Å²) in [5.41, 5.74) is 1.81. The van der Waals surface area contributed by atoms with Gasteiger partial charge in [-0.3, -0.25) is 9.59 Å². The Bertz CT molecular complexity index is 745. The van der Waals surface area contributed by atoms with Gasteiger partial charge in [-0.15, -0.1) is 11.3 Å². The number of benzene rings is 1. The van der Waals surface area contributed by atoms with Gasteiger partial charge in [0.25, 0.3) is 5.91 Å². The number of thiophene rings is 1. The van der Waals surface area contributed by atoms with Crippen molar-refractivity contribution in [3.63, 3.8) is 0 Å². The van der Waals surface area contributed by atoms with Crippen LogP contribution in [0.5, 0.6) is 0 Å². The zero-order valence-electron chi connectivity index (χ0n) is 13.0. The van der Waals surface area contributed by atoms with Crippen molar-refractivity contribution in [3.8, 4) is 0 Å². The summed E-state index contributed by atoms with van der Waals surface area (Å²) in [6.07, 6.45) is 0. The third-order valence-electron chi connectivity index (χ3n) is 4.11. The van der Waals surface area contributed by atoms with Gasteiger partial charge in [-0.25, -0.2) is 0 Å². The van der Waals surface area contributed by atoms with Crippen LogP contribution in [0.25, 0.3) is 0 Å². The normalized spacial score (nSPS) is 18.4. The molecule has 2 aromatic rings. The zero-order chi connectivity index (χ0) is 16.6. The van der Waals surface area contributed by atoms with E-state index < -0.39 is 6.04 Å². The van der Waals surface area contributed by atoms with E-state index in [1.165, 1.54) is 11.3 Å². The van der Waals surface area contributed by atoms with Crippen LogP contribution < -0.4 is 4.90 Å². The summed E-state index contributed by atoms with van der Waals surface area (Å²) in [6, 6.07) is 8.66. The summed E-state index contributed by atoms with van der Waals surface area (Å²) in [5.74, 6) is -0.158. The van der Waals surface area contributed by atoms with Crippen molar-refractivity contribution in [2.45, 2.75) is 19.9 Å². The Morgan fingerprint density at radius 2 is 2.09 bits per heavy atom. The first kappa shape index (κ1) is 16.0. The van der Waals surface area contributed by atoms with E-state index in [-0.39, 0.29) is 11.8 Å². The Labute approximate surface area is 144 Å². The number of piperazine rings is 1. The first-order valence-electron chi connectivity index (χ1n) is 7.41. The predicted molar refractivity (Wildman–Crippen MR) is 93.4 cm³/mol. The van der Waals surface area contributed by atoms with Gasteiger partial charge in [0, 0.05) is 23.8 Å². The van der Waals surface area contributed by atoms with Crippen LogP contribution in [0.1, 0.15) is 22.2 Å². The quantitative estimate of drug-likeness (QED) is 0.832. The van der Waals surface area contributed by atoms with Gasteiger partial charge in [-0.05, 0) is 43.0 Å². The summed E-state index contributed by atoms with van der Waals surface area (Å²) in [6.45, 7) is 4.71. The fourth-order valence-electron chi connectivity index (χ4n) is 2.80. The standard InChI is InChI=1S/C17H17ClN2O2S/c1-11-5-6-13(18)10-14(11)20-8-7-19(12(2)16(20)21)17(22)15-4-3-9-23-15/h3-6,9-10,12H,7-8H2,1-2H3. The number of carbonyl (C=O) groups excluding carboxylic acids is 2. The highest BCUT2D eigenvalue weighted by Crippen LogP contribution is 2.28. The molecule has 0 N–H and O–H groups in total. The van der Waals surface area contributed by atoms with Gasteiger partial charge >= 0.3 is 0 Å². The number of amides is 2. The summed E-state index contributed by atoms with van der Waals surface area (Å²) in [7, 11) is 0. The Balaban J connectivity index is 1.84. The number of anilines is 1. The Morgan fingerprint density at radius 1 is 1.30 bits per heavy atom. The summed E-state index contributed by atoms with van der Waals surface area (Å²) >= 11 is 7.46. The molecular weight excluding hydrogens is 332 g/mol. The highest BCUT2D eigenvalue weighted by atomic mass is 35.5. The molecule has 1 aromatic heterocycles. The smallest absolute Gasteiger partial charge is 0.264 e. The van der Waals surface area contributed by atoms with Gasteiger partial charge in [0.2, 0.25) is 5.91 Å². The topological polar surface area (TPSA) is 40.6 Å². The SMILES string of the molecule is Cc1ccc(Cl)cc1N1CCN(C(=O)c2cccs2)C(C)C1=O. The summed E-state index contributed by atoms with van der Waals surface area (Å²) in [4.78, 5) is 29.3. The van der Waals surface area contributed by atoms with E-state index in [2.05, 4.69) is 0 Å². The van der Waals surface area contributed by atoms with Gasteiger partial charge in [-0.2, -0.15) is 0 Å². The lowest BCUT2D eigenvalue weighted by atomic mass is 10.1. The number of rotatable bonds is 2. The van der Waals surface area contributed by atoms with Crippen molar-refractivity contribution >= 4 is 40.4 Å². The molecule has 0 spiro atoms. The second-order valence-electron chi connectivity index (χ2n) is 5.57. The van der Waals surface area contributed by atoms with Crippen molar-refractivity contribution in [1.29, 1.82) is 0 Å². The lowest BCUT2D eigenvalue weighted by Gasteiger charge is -2.39. The van der Waals surface area contributed by atoms with Crippen LogP contribution in [0, 0.1) is 6.92 Å². The molecule has 0 bridgehead atoms. The first-order valence-corrected chi connectivity index (χ1v) is 8.67. The molecule has 1 aromatic carbocycles. The van der Waals surface area contributed by atoms with E-state index in [1.54, 1.807) is 28.9 Å². The van der Waals surface area contributed by atoms with Crippen molar-refractivity contribution in [2.75, 3.05) is 18.0 Å². The van der Waals surface area contributed by atoms with E-state index in [0.717, 1.165) is 11.3 Å². The largest absolute Gasteiger partial charge is 0.324 e. The van der Waals surface area contributed by atoms with Crippen LogP contribution in [0.2, 0.25) is 5.02 Å². The average molecular weight is 349 g/mol. The second kappa shape index (κ2) is 6.34. The summed E-state index contributed by atoms with van der Waals surface area (Å²) in [5, 5.41) is 2.47. The van der Waals surface area contributed by atoms with Crippen LogP contribution in [-0.2, 0) is 4.79 Å². The fourth-order valence-corrected chi connectivity index (χ4v) is 3.65. The molecule has 1 fully saturated rings. The lowest BCUT2D eigenvalue weighted by molar-refractivity contribution is -0.124. The molecule has 2 amide bonds. The molecule has 0 saturated carbocycles.